The predicted octanol–water partition coefficient (Wildman–Crippen LogP) is 4.78. The van der Waals surface area contributed by atoms with Crippen molar-refractivity contribution in [3.63, 3.8) is 0 Å². The summed E-state index contributed by atoms with van der Waals surface area (Å²) < 4.78 is 5.47. The van der Waals surface area contributed by atoms with Crippen LogP contribution in [0, 0.1) is 6.92 Å². The normalized spacial score (nSPS) is 15.2. The largest absolute Gasteiger partial charge is 0.508 e. The van der Waals surface area contributed by atoms with Gasteiger partial charge in [0.15, 0.2) is 0 Å². The molecule has 0 aromatic heterocycles. The number of hydrogen-bond acceptors (Lipinski definition) is 5. The number of carbonyl (C=O) groups excluding carboxylic acids is 3. The first-order valence-electron chi connectivity index (χ1n) is 13.1. The fraction of sp³-hybridized carbons (Fsp3) is 0.500. The lowest BCUT2D eigenvalue weighted by molar-refractivity contribution is -0.143. The van der Waals surface area contributed by atoms with E-state index in [2.05, 4.69) is 10.6 Å². The van der Waals surface area contributed by atoms with Crippen molar-refractivity contribution in [3.8, 4) is 5.75 Å². The maximum Gasteiger partial charge on any atom is 0.408 e. The van der Waals surface area contributed by atoms with Crippen molar-refractivity contribution in [2.24, 2.45) is 0 Å². The van der Waals surface area contributed by atoms with Crippen LogP contribution in [-0.2, 0) is 20.7 Å². The highest BCUT2D eigenvalue weighted by Gasteiger charge is 2.45. The Bertz CT molecular complexity index is 1140. The smallest absolute Gasteiger partial charge is 0.408 e. The van der Waals surface area contributed by atoms with Crippen LogP contribution in [0.3, 0.4) is 0 Å². The molecule has 2 atom stereocenters. The first kappa shape index (κ1) is 29.0. The lowest BCUT2D eigenvalue weighted by Crippen LogP contribution is -2.56. The number of aryl methyl sites for hydroxylation is 1. The van der Waals surface area contributed by atoms with Crippen molar-refractivity contribution in [2.45, 2.75) is 97.0 Å². The Balaban J connectivity index is 2.03. The average molecular weight is 524 g/mol. The second-order valence-corrected chi connectivity index (χ2v) is 12.0. The molecule has 1 aliphatic rings. The van der Waals surface area contributed by atoms with Gasteiger partial charge in [-0.15, -0.1) is 0 Å². The number of phenolic OH excluding ortho intramolecular Hbond substituents is 1. The van der Waals surface area contributed by atoms with E-state index in [0.29, 0.717) is 0 Å². The Morgan fingerprint density at radius 2 is 1.61 bits per heavy atom. The molecular weight excluding hydrogens is 482 g/mol. The van der Waals surface area contributed by atoms with E-state index in [4.69, 9.17) is 4.74 Å². The van der Waals surface area contributed by atoms with E-state index >= 15 is 0 Å². The van der Waals surface area contributed by atoms with Crippen LogP contribution in [0.25, 0.3) is 0 Å². The number of nitrogens with zero attached hydrogens (tertiary/aromatic N) is 1. The fourth-order valence-electron chi connectivity index (χ4n) is 4.32. The maximum absolute atomic E-state index is 14.3. The minimum Gasteiger partial charge on any atom is -0.508 e. The van der Waals surface area contributed by atoms with Crippen molar-refractivity contribution < 1.29 is 24.2 Å². The standard InChI is InChI=1S/C30H41N3O5/c1-19-10-8-9-11-23(19)25(26(35)32-29(2,3)4)33(21-14-15-21)27(36)24(31-28(37)38-30(5,6)7)18-20-12-16-22(34)17-13-20/h8-13,16-17,21,24-25,34H,14-15,18H2,1-7H3,(H,31,37)(H,32,35). The van der Waals surface area contributed by atoms with Crippen LogP contribution in [-0.4, -0.2) is 51.1 Å². The Kier molecular flexibility index (Phi) is 8.75. The molecule has 0 heterocycles. The molecule has 3 N–H and O–H groups in total. The Hall–Kier alpha value is -3.55. The number of benzene rings is 2. The molecule has 0 aliphatic heterocycles. The molecule has 0 saturated heterocycles. The summed E-state index contributed by atoms with van der Waals surface area (Å²) in [4.78, 5) is 42.6. The lowest BCUT2D eigenvalue weighted by Gasteiger charge is -2.36. The molecule has 2 aromatic rings. The van der Waals surface area contributed by atoms with E-state index in [1.807, 2.05) is 52.0 Å². The molecule has 1 aliphatic carbocycles. The minimum absolute atomic E-state index is 0.106. The van der Waals surface area contributed by atoms with E-state index in [1.54, 1.807) is 37.8 Å². The highest BCUT2D eigenvalue weighted by molar-refractivity contribution is 5.93. The van der Waals surface area contributed by atoms with Gasteiger partial charge in [0.2, 0.25) is 11.8 Å². The third-order valence-electron chi connectivity index (χ3n) is 6.07. The van der Waals surface area contributed by atoms with E-state index in [1.165, 1.54) is 12.1 Å². The molecule has 1 fully saturated rings. The van der Waals surface area contributed by atoms with Crippen LogP contribution in [0.2, 0.25) is 0 Å². The predicted molar refractivity (Wildman–Crippen MR) is 147 cm³/mol. The van der Waals surface area contributed by atoms with E-state index in [0.717, 1.165) is 29.5 Å². The van der Waals surface area contributed by atoms with E-state index < -0.39 is 29.3 Å². The summed E-state index contributed by atoms with van der Waals surface area (Å²) in [7, 11) is 0. The lowest BCUT2D eigenvalue weighted by atomic mass is 9.96. The summed E-state index contributed by atoms with van der Waals surface area (Å²) in [5, 5.41) is 15.5. The molecule has 0 radical (unpaired) electrons. The second-order valence-electron chi connectivity index (χ2n) is 12.0. The van der Waals surface area contributed by atoms with Crippen molar-refractivity contribution in [1.82, 2.24) is 15.5 Å². The first-order chi connectivity index (χ1) is 17.6. The molecule has 0 spiro atoms. The van der Waals surface area contributed by atoms with Gasteiger partial charge in [-0.05, 0) is 90.1 Å². The van der Waals surface area contributed by atoms with Crippen LogP contribution in [0.15, 0.2) is 48.5 Å². The maximum atomic E-state index is 14.3. The van der Waals surface area contributed by atoms with Gasteiger partial charge in [0.1, 0.15) is 23.4 Å². The van der Waals surface area contributed by atoms with Crippen molar-refractivity contribution >= 4 is 17.9 Å². The topological polar surface area (TPSA) is 108 Å². The van der Waals surface area contributed by atoms with Crippen LogP contribution < -0.4 is 10.6 Å². The Morgan fingerprint density at radius 3 is 2.13 bits per heavy atom. The number of amides is 3. The van der Waals surface area contributed by atoms with Gasteiger partial charge in [0, 0.05) is 18.0 Å². The molecule has 38 heavy (non-hydrogen) atoms. The number of ether oxygens (including phenoxy) is 1. The third kappa shape index (κ3) is 8.23. The number of hydrogen-bond donors (Lipinski definition) is 3. The van der Waals surface area contributed by atoms with Crippen LogP contribution in [0.1, 0.15) is 77.1 Å². The molecule has 8 nitrogen and oxygen atoms in total. The fourth-order valence-corrected chi connectivity index (χ4v) is 4.32. The van der Waals surface area contributed by atoms with Crippen molar-refractivity contribution in [3.05, 3.63) is 65.2 Å². The monoisotopic (exact) mass is 523 g/mol. The van der Waals surface area contributed by atoms with Gasteiger partial charge < -0.3 is 25.4 Å². The first-order valence-corrected chi connectivity index (χ1v) is 13.1. The average Bonchev–Trinajstić information content (AvgIpc) is 3.61. The van der Waals surface area contributed by atoms with Gasteiger partial charge in [-0.25, -0.2) is 4.79 Å². The zero-order chi connectivity index (χ0) is 28.3. The summed E-state index contributed by atoms with van der Waals surface area (Å²) in [6, 6.07) is 12.1. The van der Waals surface area contributed by atoms with Crippen LogP contribution in [0.5, 0.6) is 5.75 Å². The summed E-state index contributed by atoms with van der Waals surface area (Å²) in [5.41, 5.74) is 1.14. The van der Waals surface area contributed by atoms with E-state index in [9.17, 15) is 19.5 Å². The van der Waals surface area contributed by atoms with Crippen LogP contribution in [0.4, 0.5) is 4.79 Å². The van der Waals surface area contributed by atoms with Gasteiger partial charge >= 0.3 is 6.09 Å². The summed E-state index contributed by atoms with van der Waals surface area (Å²) >= 11 is 0. The van der Waals surface area contributed by atoms with Gasteiger partial charge in [-0.3, -0.25) is 9.59 Å². The highest BCUT2D eigenvalue weighted by Crippen LogP contribution is 2.37. The SMILES string of the molecule is Cc1ccccc1C(C(=O)NC(C)(C)C)N(C(=O)C(Cc1ccc(O)cc1)NC(=O)OC(C)(C)C)C1CC1. The third-order valence-corrected chi connectivity index (χ3v) is 6.07. The molecule has 2 unspecified atom stereocenters. The molecule has 1 saturated carbocycles. The summed E-state index contributed by atoms with van der Waals surface area (Å²) in [6.45, 7) is 12.9. The quantitative estimate of drug-likeness (QED) is 0.461. The zero-order valence-electron chi connectivity index (χ0n) is 23.5. The molecule has 8 heteroatoms. The van der Waals surface area contributed by atoms with E-state index in [-0.39, 0.29) is 30.0 Å². The van der Waals surface area contributed by atoms with Crippen molar-refractivity contribution in [1.29, 1.82) is 0 Å². The van der Waals surface area contributed by atoms with Gasteiger partial charge in [0.25, 0.3) is 0 Å². The van der Waals surface area contributed by atoms with Crippen molar-refractivity contribution in [2.75, 3.05) is 0 Å². The Morgan fingerprint density at radius 1 is 1.00 bits per heavy atom. The van der Waals surface area contributed by atoms with Gasteiger partial charge in [-0.2, -0.15) is 0 Å². The minimum atomic E-state index is -0.982. The summed E-state index contributed by atoms with van der Waals surface area (Å²) in [6.07, 6.45) is 1.00. The number of rotatable bonds is 8. The molecule has 206 valence electrons. The zero-order valence-corrected chi connectivity index (χ0v) is 23.5. The number of nitrogens with one attached hydrogen (secondary N) is 2. The molecule has 3 amide bonds. The summed E-state index contributed by atoms with van der Waals surface area (Å²) in [5.74, 6) is -0.522. The molecule has 2 aromatic carbocycles. The van der Waals surface area contributed by atoms with Gasteiger partial charge in [-0.1, -0.05) is 36.4 Å². The number of aromatic hydroxyl groups is 1. The van der Waals surface area contributed by atoms with Gasteiger partial charge in [0.05, 0.1) is 0 Å². The second kappa shape index (κ2) is 11.5. The van der Waals surface area contributed by atoms with Crippen LogP contribution >= 0.6 is 0 Å². The molecular formula is C30H41N3O5. The number of phenols is 1. The molecule has 0 bridgehead atoms. The number of alkyl carbamates (subject to hydrolysis) is 1. The number of carbonyl (C=O) groups is 3. The highest BCUT2D eigenvalue weighted by atomic mass is 16.6. The molecule has 3 rings (SSSR count). The Labute approximate surface area is 225 Å².